The Bertz CT molecular complexity index is 1060. The van der Waals surface area contributed by atoms with Crippen LogP contribution in [0.4, 0.5) is 5.82 Å². The van der Waals surface area contributed by atoms with Crippen LogP contribution in [-0.2, 0) is 18.4 Å². The van der Waals surface area contributed by atoms with Crippen LogP contribution in [0.5, 0.6) is 0 Å². The summed E-state index contributed by atoms with van der Waals surface area (Å²) in [6.45, 7) is -0.918. The predicted molar refractivity (Wildman–Crippen MR) is 102 cm³/mol. The number of nitrogen functional groups attached to an aromatic ring is 1. The number of nitrogens with zero attached hydrogens (tertiary/aromatic N) is 4. The number of nitrogens with two attached hydrogens (primary N) is 1. The van der Waals surface area contributed by atoms with E-state index < -0.39 is 53.6 Å². The fourth-order valence-corrected chi connectivity index (χ4v) is 3.54. The molecule has 190 valence electrons. The number of fused-ring (bicyclic) bond motifs is 1. The molecule has 3 heterocycles. The Balaban J connectivity index is 0.000000460. The lowest BCUT2D eigenvalue weighted by Crippen LogP contribution is -2.48. The number of ether oxygens (including phenoxy) is 1. The average Bonchev–Trinajstić information content (AvgIpc) is 3.13. The van der Waals surface area contributed by atoms with Gasteiger partial charge in [0, 0.05) is 0 Å². The molecule has 0 bridgehead atoms. The van der Waals surface area contributed by atoms with Gasteiger partial charge in [0.1, 0.15) is 24.1 Å². The summed E-state index contributed by atoms with van der Waals surface area (Å²) in [4.78, 5) is 73.4. The number of aliphatic hydroxyl groups is 3. The number of aliphatic hydroxyl groups excluding tert-OH is 2. The number of anilines is 1. The minimum Gasteiger partial charge on any atom is -0.394 e. The average molecular weight is 543 g/mol. The molecule has 2 aromatic heterocycles. The first-order chi connectivity index (χ1) is 14.7. The number of rotatable bonds is 3. The van der Waals surface area contributed by atoms with E-state index in [0.29, 0.717) is 0 Å². The van der Waals surface area contributed by atoms with Crippen LogP contribution >= 0.6 is 23.2 Å². The molecule has 4 atom stereocenters. The fraction of sp³-hybridized carbons (Fsp3) is 0.500. The molecule has 0 saturated carbocycles. The molecule has 20 nitrogen and oxygen atoms in total. The SMILES string of the molecule is Nc1ncnc2c1ncn2[C@@H]1O[C@H](CO)[C@](O)(P(=O)(O)O)[C@H]1O.O=P(O)(O)O.O=P(O)(O)O. The van der Waals surface area contributed by atoms with Gasteiger partial charge in [-0.15, -0.1) is 0 Å². The zero-order valence-corrected chi connectivity index (χ0v) is 18.5. The molecule has 13 N–H and O–H groups in total. The van der Waals surface area contributed by atoms with Crippen LogP contribution in [0.25, 0.3) is 11.2 Å². The van der Waals surface area contributed by atoms with Crippen LogP contribution in [0, 0.1) is 0 Å². The highest BCUT2D eigenvalue weighted by molar-refractivity contribution is 7.53. The Morgan fingerprint density at radius 3 is 1.88 bits per heavy atom. The van der Waals surface area contributed by atoms with E-state index >= 15 is 0 Å². The lowest BCUT2D eigenvalue weighted by molar-refractivity contribution is -0.0594. The number of phosphoric acid groups is 2. The van der Waals surface area contributed by atoms with E-state index in [1.54, 1.807) is 0 Å². The molecule has 33 heavy (non-hydrogen) atoms. The monoisotopic (exact) mass is 543 g/mol. The van der Waals surface area contributed by atoms with Gasteiger partial charge in [-0.3, -0.25) is 9.13 Å². The van der Waals surface area contributed by atoms with Gasteiger partial charge in [0.05, 0.1) is 12.9 Å². The van der Waals surface area contributed by atoms with Gasteiger partial charge >= 0.3 is 23.2 Å². The fourth-order valence-electron chi connectivity index (χ4n) is 2.55. The molecule has 0 radical (unpaired) electrons. The zero-order valence-electron chi connectivity index (χ0n) is 15.9. The standard InChI is InChI=1S/C10H14N5O7P.2H3O4P/c11-7-5-8(13-2-12-7)15(3-14-5)9-6(17)10(18,23(19,20)21)4(1-16)22-9;2*1-5(2,3)4/h2-4,6,9,16-18H,1H2,(H2,11,12,13)(H2,19,20,21);2*(H3,1,2,3,4)/t4-,6+,9-,10+;;/m1../s1. The minimum absolute atomic E-state index is 0.0604. The largest absolute Gasteiger partial charge is 0.466 e. The van der Waals surface area contributed by atoms with Gasteiger partial charge in [0.2, 0.25) is 5.34 Å². The molecule has 0 unspecified atom stereocenters. The molecule has 2 aromatic rings. The maximum atomic E-state index is 11.6. The Morgan fingerprint density at radius 1 is 1.00 bits per heavy atom. The Labute approximate surface area is 182 Å². The first-order valence-corrected chi connectivity index (χ1v) is 12.7. The minimum atomic E-state index is -5.23. The smallest absolute Gasteiger partial charge is 0.394 e. The Hall–Kier alpha value is -1.44. The highest BCUT2D eigenvalue weighted by Gasteiger charge is 2.65. The summed E-state index contributed by atoms with van der Waals surface area (Å²) in [6.07, 6.45) is -2.89. The van der Waals surface area contributed by atoms with Crippen molar-refractivity contribution >= 4 is 40.2 Å². The Kier molecular flexibility index (Phi) is 9.37. The Morgan fingerprint density at radius 2 is 1.48 bits per heavy atom. The van der Waals surface area contributed by atoms with Crippen molar-refractivity contribution in [3.63, 3.8) is 0 Å². The second-order valence-corrected chi connectivity index (χ2v) is 9.94. The van der Waals surface area contributed by atoms with Crippen molar-refractivity contribution in [2.45, 2.75) is 23.8 Å². The van der Waals surface area contributed by atoms with Gasteiger partial charge < -0.3 is 64.9 Å². The maximum absolute atomic E-state index is 11.6. The second-order valence-electron chi connectivity index (χ2n) is 6.08. The molecular weight excluding hydrogens is 523 g/mol. The number of imidazole rings is 1. The topological polar surface area (TPSA) is 353 Å². The third-order valence-corrected chi connectivity index (χ3v) is 5.26. The first kappa shape index (κ1) is 29.6. The second kappa shape index (κ2) is 10.4. The summed E-state index contributed by atoms with van der Waals surface area (Å²) in [5.74, 6) is 0.0604. The summed E-state index contributed by atoms with van der Waals surface area (Å²) in [7, 11) is -14.5. The zero-order chi connectivity index (χ0) is 26.0. The van der Waals surface area contributed by atoms with E-state index in [2.05, 4.69) is 15.0 Å². The number of aromatic nitrogens is 4. The highest BCUT2D eigenvalue weighted by Crippen LogP contribution is 2.59. The maximum Gasteiger partial charge on any atom is 0.466 e. The lowest BCUT2D eigenvalue weighted by atomic mass is 10.1. The molecule has 0 spiro atoms. The van der Waals surface area contributed by atoms with Crippen molar-refractivity contribution in [2.75, 3.05) is 12.3 Å². The number of hydrogen-bond donors (Lipinski definition) is 12. The third kappa shape index (κ3) is 7.79. The van der Waals surface area contributed by atoms with Crippen LogP contribution in [0.2, 0.25) is 0 Å². The van der Waals surface area contributed by atoms with Crippen molar-refractivity contribution in [2.24, 2.45) is 0 Å². The molecule has 1 saturated heterocycles. The van der Waals surface area contributed by atoms with Gasteiger partial charge in [0.15, 0.2) is 17.7 Å². The molecule has 0 amide bonds. The van der Waals surface area contributed by atoms with Crippen molar-refractivity contribution < 1.29 is 72.9 Å². The van der Waals surface area contributed by atoms with E-state index in [-0.39, 0.29) is 17.0 Å². The molecule has 0 aliphatic carbocycles. The van der Waals surface area contributed by atoms with Crippen molar-refractivity contribution in [1.82, 2.24) is 19.5 Å². The predicted octanol–water partition coefficient (Wildman–Crippen LogP) is -4.33. The highest BCUT2D eigenvalue weighted by atomic mass is 31.2. The number of hydrogen-bond acceptors (Lipinski definition) is 11. The van der Waals surface area contributed by atoms with Crippen molar-refractivity contribution in [1.29, 1.82) is 0 Å². The summed E-state index contributed by atoms with van der Waals surface area (Å²) in [5, 5.41) is 26.8. The molecular formula is C10H20N5O15P3. The molecule has 1 aliphatic heterocycles. The summed E-state index contributed by atoms with van der Waals surface area (Å²) in [5.41, 5.74) is 5.96. The van der Waals surface area contributed by atoms with Crippen molar-refractivity contribution in [3.05, 3.63) is 12.7 Å². The van der Waals surface area contributed by atoms with Gasteiger partial charge in [-0.05, 0) is 0 Å². The lowest BCUT2D eigenvalue weighted by Gasteiger charge is -2.30. The van der Waals surface area contributed by atoms with E-state index in [1.807, 2.05) is 0 Å². The van der Waals surface area contributed by atoms with Gasteiger partial charge in [0.25, 0.3) is 0 Å². The van der Waals surface area contributed by atoms with Gasteiger partial charge in [-0.2, -0.15) is 0 Å². The van der Waals surface area contributed by atoms with Crippen LogP contribution < -0.4 is 5.73 Å². The summed E-state index contributed by atoms with van der Waals surface area (Å²) >= 11 is 0. The van der Waals surface area contributed by atoms with Crippen molar-refractivity contribution in [3.8, 4) is 0 Å². The molecule has 1 fully saturated rings. The molecule has 23 heteroatoms. The third-order valence-electron chi connectivity index (χ3n) is 3.78. The van der Waals surface area contributed by atoms with Crippen LogP contribution in [0.15, 0.2) is 12.7 Å². The van der Waals surface area contributed by atoms with E-state index in [9.17, 15) is 29.7 Å². The van der Waals surface area contributed by atoms with E-state index in [0.717, 1.165) is 10.9 Å². The quantitative estimate of drug-likeness (QED) is 0.163. The molecule has 1 aliphatic rings. The van der Waals surface area contributed by atoms with Gasteiger partial charge in [-0.1, -0.05) is 0 Å². The van der Waals surface area contributed by atoms with E-state index in [1.165, 1.54) is 6.33 Å². The van der Waals surface area contributed by atoms with Gasteiger partial charge in [-0.25, -0.2) is 24.1 Å². The van der Waals surface area contributed by atoms with E-state index in [4.69, 9.17) is 49.0 Å². The normalized spacial score (nSPS) is 25.7. The van der Waals surface area contributed by atoms with Crippen LogP contribution in [0.3, 0.4) is 0 Å². The van der Waals surface area contributed by atoms with Crippen LogP contribution in [0.1, 0.15) is 6.23 Å². The summed E-state index contributed by atoms with van der Waals surface area (Å²) < 4.78 is 35.7. The molecule has 3 rings (SSSR count). The van der Waals surface area contributed by atoms with Crippen LogP contribution in [-0.4, -0.2) is 98.1 Å². The first-order valence-electron chi connectivity index (χ1n) is 7.93. The summed E-state index contributed by atoms with van der Waals surface area (Å²) in [6, 6.07) is 0. The molecule has 0 aromatic carbocycles.